The molecule has 18 heavy (non-hydrogen) atoms. The molecule has 2 rings (SSSR count). The Bertz CT molecular complexity index is 681. The molecule has 0 bridgehead atoms. The molecule has 0 saturated heterocycles. The largest absolute Gasteiger partial charge is 0.397 e. The number of anilines is 2. The Morgan fingerprint density at radius 3 is 2.72 bits per heavy atom. The third-order valence-corrected chi connectivity index (χ3v) is 3.96. The third-order valence-electron chi connectivity index (χ3n) is 2.21. The first-order chi connectivity index (χ1) is 8.38. The first-order valence-corrected chi connectivity index (χ1v) is 7.22. The minimum atomic E-state index is -3.71. The molecule has 2 aromatic rings. The standard InChI is InChI=1S/C10H11BrN4O2S/c1-15-5-10(13-6-15)18(16,17)14-9-3-2-7(11)4-8(9)12/h2-6,14H,12H2,1H3. The molecule has 0 aliphatic rings. The maximum absolute atomic E-state index is 12.0. The zero-order valence-corrected chi connectivity index (χ0v) is 11.9. The number of hydrogen-bond donors (Lipinski definition) is 2. The van der Waals surface area contributed by atoms with Crippen molar-refractivity contribution < 1.29 is 8.42 Å². The topological polar surface area (TPSA) is 90.0 Å². The fourth-order valence-electron chi connectivity index (χ4n) is 1.35. The average molecular weight is 331 g/mol. The summed E-state index contributed by atoms with van der Waals surface area (Å²) in [5.41, 5.74) is 6.39. The van der Waals surface area contributed by atoms with Gasteiger partial charge in [0.2, 0.25) is 0 Å². The first-order valence-electron chi connectivity index (χ1n) is 4.94. The summed E-state index contributed by atoms with van der Waals surface area (Å²) in [6.45, 7) is 0. The molecule has 0 radical (unpaired) electrons. The Morgan fingerprint density at radius 2 is 2.17 bits per heavy atom. The Kier molecular flexibility index (Phi) is 3.31. The van der Waals surface area contributed by atoms with E-state index in [0.717, 1.165) is 4.47 Å². The van der Waals surface area contributed by atoms with Gasteiger partial charge in [0.1, 0.15) is 0 Å². The lowest BCUT2D eigenvalue weighted by Crippen LogP contribution is -2.14. The Balaban J connectivity index is 2.33. The lowest BCUT2D eigenvalue weighted by Gasteiger charge is -2.08. The van der Waals surface area contributed by atoms with Gasteiger partial charge in [-0.05, 0) is 18.2 Å². The Morgan fingerprint density at radius 1 is 1.44 bits per heavy atom. The van der Waals surface area contributed by atoms with Gasteiger partial charge < -0.3 is 10.3 Å². The number of hydrogen-bond acceptors (Lipinski definition) is 4. The summed E-state index contributed by atoms with van der Waals surface area (Å²) in [5, 5.41) is -0.0488. The summed E-state index contributed by atoms with van der Waals surface area (Å²) in [7, 11) is -2.01. The van der Waals surface area contributed by atoms with Crippen LogP contribution in [0.4, 0.5) is 11.4 Å². The highest BCUT2D eigenvalue weighted by Crippen LogP contribution is 2.25. The Hall–Kier alpha value is -1.54. The normalized spacial score (nSPS) is 11.4. The predicted octanol–water partition coefficient (Wildman–Crippen LogP) is 1.57. The molecule has 1 aromatic heterocycles. The van der Waals surface area contributed by atoms with Crippen LogP contribution in [0.3, 0.4) is 0 Å². The van der Waals surface area contributed by atoms with E-state index in [-0.39, 0.29) is 5.03 Å². The van der Waals surface area contributed by atoms with Crippen molar-refractivity contribution in [2.45, 2.75) is 5.03 Å². The number of benzene rings is 1. The van der Waals surface area contributed by atoms with Gasteiger partial charge >= 0.3 is 0 Å². The van der Waals surface area contributed by atoms with Gasteiger partial charge in [-0.25, -0.2) is 4.98 Å². The van der Waals surface area contributed by atoms with E-state index >= 15 is 0 Å². The highest BCUT2D eigenvalue weighted by Gasteiger charge is 2.18. The molecule has 8 heteroatoms. The van der Waals surface area contributed by atoms with E-state index in [0.29, 0.717) is 11.4 Å². The van der Waals surface area contributed by atoms with Crippen molar-refractivity contribution in [3.63, 3.8) is 0 Å². The molecule has 0 aliphatic heterocycles. The van der Waals surface area contributed by atoms with Crippen LogP contribution in [-0.4, -0.2) is 18.0 Å². The van der Waals surface area contributed by atoms with Gasteiger partial charge in [0.05, 0.1) is 17.7 Å². The van der Waals surface area contributed by atoms with Crippen molar-refractivity contribution in [3.05, 3.63) is 35.2 Å². The van der Waals surface area contributed by atoms with Crippen molar-refractivity contribution in [2.24, 2.45) is 7.05 Å². The van der Waals surface area contributed by atoms with E-state index < -0.39 is 10.0 Å². The summed E-state index contributed by atoms with van der Waals surface area (Å²) in [6, 6.07) is 4.91. The number of nitrogens with zero attached hydrogens (tertiary/aromatic N) is 2. The maximum atomic E-state index is 12.0. The van der Waals surface area contributed by atoms with E-state index in [1.165, 1.54) is 12.5 Å². The lowest BCUT2D eigenvalue weighted by atomic mass is 10.3. The molecule has 96 valence electrons. The van der Waals surface area contributed by atoms with Crippen LogP contribution in [0.15, 0.2) is 40.2 Å². The molecule has 1 heterocycles. The highest BCUT2D eigenvalue weighted by atomic mass is 79.9. The van der Waals surface area contributed by atoms with Crippen molar-refractivity contribution in [2.75, 3.05) is 10.5 Å². The number of nitrogens with one attached hydrogen (secondary N) is 1. The van der Waals surface area contributed by atoms with Gasteiger partial charge in [0.25, 0.3) is 10.0 Å². The van der Waals surface area contributed by atoms with Crippen LogP contribution in [0.25, 0.3) is 0 Å². The fourth-order valence-corrected chi connectivity index (χ4v) is 2.80. The second-order valence-corrected chi connectivity index (χ2v) is 6.26. The minimum absolute atomic E-state index is 0.0488. The quantitative estimate of drug-likeness (QED) is 0.836. The van der Waals surface area contributed by atoms with Crippen molar-refractivity contribution in [1.29, 1.82) is 0 Å². The summed E-state index contributed by atoms with van der Waals surface area (Å²) < 4.78 is 28.7. The summed E-state index contributed by atoms with van der Waals surface area (Å²) >= 11 is 3.25. The van der Waals surface area contributed by atoms with E-state index in [9.17, 15) is 8.42 Å². The molecule has 6 nitrogen and oxygen atoms in total. The molecule has 0 atom stereocenters. The molecule has 0 unspecified atom stereocenters. The molecule has 0 aliphatic carbocycles. The van der Waals surface area contributed by atoms with Crippen molar-refractivity contribution >= 4 is 37.3 Å². The number of nitrogens with two attached hydrogens (primary N) is 1. The van der Waals surface area contributed by atoms with Crippen LogP contribution in [-0.2, 0) is 17.1 Å². The van der Waals surface area contributed by atoms with Gasteiger partial charge in [0.15, 0.2) is 5.03 Å². The number of rotatable bonds is 3. The summed E-state index contributed by atoms with van der Waals surface area (Å²) in [6.07, 6.45) is 2.83. The second kappa shape index (κ2) is 4.62. The van der Waals surface area contributed by atoms with Crippen LogP contribution in [0.5, 0.6) is 0 Å². The zero-order chi connectivity index (χ0) is 13.3. The van der Waals surface area contributed by atoms with Gasteiger partial charge in [-0.3, -0.25) is 4.72 Å². The SMILES string of the molecule is Cn1cnc(S(=O)(=O)Nc2ccc(Br)cc2N)c1. The monoisotopic (exact) mass is 330 g/mol. The molecule has 1 aromatic carbocycles. The third kappa shape index (κ3) is 2.65. The lowest BCUT2D eigenvalue weighted by molar-refractivity contribution is 0.598. The van der Waals surface area contributed by atoms with Gasteiger partial charge in [0, 0.05) is 17.7 Å². The van der Waals surface area contributed by atoms with Crippen LogP contribution in [0.2, 0.25) is 0 Å². The predicted molar refractivity (Wildman–Crippen MR) is 72.6 cm³/mol. The van der Waals surface area contributed by atoms with E-state index in [2.05, 4.69) is 25.6 Å². The molecule has 3 N–H and O–H groups in total. The molecule has 0 saturated carbocycles. The summed E-state index contributed by atoms with van der Waals surface area (Å²) in [5.74, 6) is 0. The number of halogens is 1. The first kappa shape index (κ1) is 12.9. The smallest absolute Gasteiger partial charge is 0.281 e. The van der Waals surface area contributed by atoms with E-state index in [1.807, 2.05) is 0 Å². The molecule has 0 spiro atoms. The van der Waals surface area contributed by atoms with Crippen LogP contribution < -0.4 is 10.5 Å². The second-order valence-electron chi connectivity index (χ2n) is 3.71. The van der Waals surface area contributed by atoms with Gasteiger partial charge in [-0.2, -0.15) is 8.42 Å². The number of aryl methyl sites for hydroxylation is 1. The van der Waals surface area contributed by atoms with Crippen molar-refractivity contribution in [1.82, 2.24) is 9.55 Å². The zero-order valence-electron chi connectivity index (χ0n) is 9.46. The minimum Gasteiger partial charge on any atom is -0.397 e. The number of nitrogen functional groups attached to an aromatic ring is 1. The van der Waals surface area contributed by atoms with E-state index in [1.54, 1.807) is 29.8 Å². The number of imidazole rings is 1. The maximum Gasteiger partial charge on any atom is 0.281 e. The van der Waals surface area contributed by atoms with Crippen LogP contribution >= 0.6 is 15.9 Å². The van der Waals surface area contributed by atoms with E-state index in [4.69, 9.17) is 5.73 Å². The highest BCUT2D eigenvalue weighted by molar-refractivity contribution is 9.10. The summed E-state index contributed by atoms with van der Waals surface area (Å²) in [4.78, 5) is 3.79. The molecular weight excluding hydrogens is 320 g/mol. The van der Waals surface area contributed by atoms with Gasteiger partial charge in [-0.1, -0.05) is 15.9 Å². The number of sulfonamides is 1. The Labute approximate surface area is 113 Å². The van der Waals surface area contributed by atoms with Crippen LogP contribution in [0, 0.1) is 0 Å². The molecule has 0 fully saturated rings. The average Bonchev–Trinajstić information content (AvgIpc) is 2.70. The van der Waals surface area contributed by atoms with Crippen LogP contribution in [0.1, 0.15) is 0 Å². The fraction of sp³-hybridized carbons (Fsp3) is 0.100. The molecular formula is C10H11BrN4O2S. The van der Waals surface area contributed by atoms with Crippen molar-refractivity contribution in [3.8, 4) is 0 Å². The van der Waals surface area contributed by atoms with Gasteiger partial charge in [-0.15, -0.1) is 0 Å². The molecule has 0 amide bonds. The number of aromatic nitrogens is 2.